The zero-order valence-electron chi connectivity index (χ0n) is 22.6. The van der Waals surface area contributed by atoms with E-state index in [1.165, 1.54) is 0 Å². The Labute approximate surface area is 207 Å². The van der Waals surface area contributed by atoms with Crippen molar-refractivity contribution >= 4 is 11.9 Å². The molecule has 0 N–H and O–H groups in total. The van der Waals surface area contributed by atoms with Gasteiger partial charge in [0.1, 0.15) is 12.2 Å². The van der Waals surface area contributed by atoms with Crippen LogP contribution in [0.4, 0.5) is 0 Å². The molecule has 194 valence electrons. The van der Waals surface area contributed by atoms with E-state index in [-0.39, 0.29) is 35.2 Å². The summed E-state index contributed by atoms with van der Waals surface area (Å²) in [6.45, 7) is 16.9. The molecule has 0 unspecified atom stereocenters. The number of hydrogen-bond acceptors (Lipinski definition) is 6. The summed E-state index contributed by atoms with van der Waals surface area (Å²) >= 11 is 0. The number of unbranched alkanes of at least 4 members (excludes halogenated alkanes) is 5. The predicted molar refractivity (Wildman–Crippen MR) is 137 cm³/mol. The van der Waals surface area contributed by atoms with Crippen molar-refractivity contribution < 1.29 is 19.1 Å². The van der Waals surface area contributed by atoms with E-state index in [9.17, 15) is 9.59 Å². The van der Waals surface area contributed by atoms with Gasteiger partial charge in [0.05, 0.1) is 0 Å². The number of ether oxygens (including phenoxy) is 2. The number of nitrogens with zero attached hydrogens (tertiary/aromatic N) is 2. The van der Waals surface area contributed by atoms with Crippen LogP contribution in [0.15, 0.2) is 24.6 Å². The van der Waals surface area contributed by atoms with Gasteiger partial charge in [-0.25, -0.2) is 0 Å². The first-order valence-corrected chi connectivity index (χ1v) is 13.0. The SMILES string of the molecule is C=C1CC(OC(=O)CCCCCCCCC(=O)OC2CC(C)(C)N(C)C(C)(C)C2)CC(=C)N1C. The van der Waals surface area contributed by atoms with Crippen LogP contribution in [0.3, 0.4) is 0 Å². The molecule has 0 radical (unpaired) electrons. The van der Waals surface area contributed by atoms with Crippen molar-refractivity contribution in [2.75, 3.05) is 14.1 Å². The third-order valence-electron chi connectivity index (χ3n) is 7.75. The summed E-state index contributed by atoms with van der Waals surface area (Å²) in [6, 6.07) is 0. The molecule has 0 aromatic heterocycles. The molecule has 0 aliphatic carbocycles. The summed E-state index contributed by atoms with van der Waals surface area (Å²) < 4.78 is 11.4. The number of piperidine rings is 2. The molecule has 6 nitrogen and oxygen atoms in total. The van der Waals surface area contributed by atoms with Crippen LogP contribution < -0.4 is 0 Å². The highest BCUT2D eigenvalue weighted by Crippen LogP contribution is 2.38. The quantitative estimate of drug-likeness (QED) is 0.271. The molecule has 0 amide bonds. The molecular formula is C28H48N2O4. The van der Waals surface area contributed by atoms with E-state index in [1.807, 2.05) is 11.9 Å². The van der Waals surface area contributed by atoms with Gasteiger partial charge in [-0.1, -0.05) is 38.8 Å². The molecule has 0 saturated carbocycles. The van der Waals surface area contributed by atoms with Crippen molar-refractivity contribution in [1.29, 1.82) is 0 Å². The Kier molecular flexibility index (Phi) is 10.2. The van der Waals surface area contributed by atoms with E-state index in [0.717, 1.165) is 62.8 Å². The first kappa shape index (κ1) is 28.4. The Morgan fingerprint density at radius 2 is 1.15 bits per heavy atom. The maximum absolute atomic E-state index is 12.3. The maximum atomic E-state index is 12.3. The van der Waals surface area contributed by atoms with E-state index in [4.69, 9.17) is 9.47 Å². The van der Waals surface area contributed by atoms with Crippen molar-refractivity contribution in [2.45, 2.75) is 128 Å². The molecule has 0 aromatic rings. The summed E-state index contributed by atoms with van der Waals surface area (Å²) in [5, 5.41) is 0. The van der Waals surface area contributed by atoms with Gasteiger partial charge in [0.15, 0.2) is 0 Å². The smallest absolute Gasteiger partial charge is 0.306 e. The minimum absolute atomic E-state index is 0.000822. The molecule has 34 heavy (non-hydrogen) atoms. The van der Waals surface area contributed by atoms with Gasteiger partial charge >= 0.3 is 11.9 Å². The molecule has 2 aliphatic rings. The van der Waals surface area contributed by atoms with Crippen LogP contribution in [0.25, 0.3) is 0 Å². The summed E-state index contributed by atoms with van der Waals surface area (Å²) in [5.74, 6) is -0.193. The molecule has 2 rings (SSSR count). The zero-order valence-corrected chi connectivity index (χ0v) is 22.6. The molecule has 2 fully saturated rings. The first-order valence-electron chi connectivity index (χ1n) is 13.0. The average Bonchev–Trinajstić information content (AvgIpc) is 2.71. The lowest BCUT2D eigenvalue weighted by Gasteiger charge is -2.53. The molecule has 0 aromatic carbocycles. The van der Waals surface area contributed by atoms with Crippen LogP contribution in [0.1, 0.15) is 105 Å². The number of hydrogen-bond donors (Lipinski definition) is 0. The van der Waals surface area contributed by atoms with E-state index in [1.54, 1.807) is 0 Å². The van der Waals surface area contributed by atoms with Gasteiger partial charge in [-0.2, -0.15) is 0 Å². The molecule has 6 heteroatoms. The molecular weight excluding hydrogens is 428 g/mol. The highest BCUT2D eigenvalue weighted by Gasteiger charge is 2.44. The van der Waals surface area contributed by atoms with Gasteiger partial charge in [0.25, 0.3) is 0 Å². The number of likely N-dealkylation sites (tertiary alicyclic amines) is 2. The largest absolute Gasteiger partial charge is 0.462 e. The summed E-state index contributed by atoms with van der Waals surface area (Å²) in [5.41, 5.74) is 1.93. The first-order chi connectivity index (χ1) is 15.8. The third-order valence-corrected chi connectivity index (χ3v) is 7.75. The summed E-state index contributed by atoms with van der Waals surface area (Å²) in [7, 11) is 4.10. The van der Waals surface area contributed by atoms with E-state index >= 15 is 0 Å². The van der Waals surface area contributed by atoms with Gasteiger partial charge in [0, 0.05) is 68.0 Å². The lowest BCUT2D eigenvalue weighted by molar-refractivity contribution is -0.159. The molecule has 0 bridgehead atoms. The van der Waals surface area contributed by atoms with Crippen molar-refractivity contribution in [1.82, 2.24) is 9.80 Å². The predicted octanol–water partition coefficient (Wildman–Crippen LogP) is 5.97. The van der Waals surface area contributed by atoms with Gasteiger partial charge < -0.3 is 14.4 Å². The fourth-order valence-corrected chi connectivity index (χ4v) is 5.28. The molecule has 2 aliphatic heterocycles. The molecule has 2 saturated heterocycles. The van der Waals surface area contributed by atoms with Gasteiger partial charge in [-0.3, -0.25) is 14.5 Å². The highest BCUT2D eigenvalue weighted by atomic mass is 16.5. The average molecular weight is 477 g/mol. The van der Waals surface area contributed by atoms with Crippen molar-refractivity contribution in [2.24, 2.45) is 0 Å². The number of carbonyl (C=O) groups is 2. The number of esters is 2. The van der Waals surface area contributed by atoms with E-state index < -0.39 is 0 Å². The van der Waals surface area contributed by atoms with Crippen LogP contribution in [0.5, 0.6) is 0 Å². The summed E-state index contributed by atoms with van der Waals surface area (Å²) in [4.78, 5) is 28.8. The lowest BCUT2D eigenvalue weighted by Crippen LogP contribution is -2.60. The van der Waals surface area contributed by atoms with Crippen LogP contribution in [0.2, 0.25) is 0 Å². The normalized spacial score (nSPS) is 21.5. The monoisotopic (exact) mass is 476 g/mol. The van der Waals surface area contributed by atoms with Crippen LogP contribution in [0, 0.1) is 0 Å². The number of carbonyl (C=O) groups excluding carboxylic acids is 2. The second-order valence-corrected chi connectivity index (χ2v) is 11.5. The Hall–Kier alpha value is -1.82. The van der Waals surface area contributed by atoms with Gasteiger partial charge in [-0.15, -0.1) is 0 Å². The fraction of sp³-hybridized carbons (Fsp3) is 0.786. The van der Waals surface area contributed by atoms with Crippen LogP contribution in [-0.4, -0.2) is 59.1 Å². The maximum Gasteiger partial charge on any atom is 0.306 e. The van der Waals surface area contributed by atoms with E-state index in [0.29, 0.717) is 25.7 Å². The van der Waals surface area contributed by atoms with Crippen LogP contribution in [-0.2, 0) is 19.1 Å². The topological polar surface area (TPSA) is 59.1 Å². The standard InChI is InChI=1S/C28H48N2O4/c1-21-17-23(18-22(2)29(21)7)33-25(31)15-13-11-9-10-12-14-16-26(32)34-24-19-27(3,4)30(8)28(5,6)20-24/h23-24H,1-2,9-20H2,3-8H3. The van der Waals surface area contributed by atoms with Crippen LogP contribution >= 0.6 is 0 Å². The highest BCUT2D eigenvalue weighted by molar-refractivity contribution is 5.70. The lowest BCUT2D eigenvalue weighted by atomic mass is 9.79. The Bertz CT molecular complexity index is 707. The van der Waals surface area contributed by atoms with Gasteiger partial charge in [-0.05, 0) is 47.6 Å². The Morgan fingerprint density at radius 1 is 0.765 bits per heavy atom. The van der Waals surface area contributed by atoms with Crippen molar-refractivity contribution in [3.63, 3.8) is 0 Å². The fourth-order valence-electron chi connectivity index (χ4n) is 5.28. The Balaban J connectivity index is 1.51. The zero-order chi connectivity index (χ0) is 25.5. The van der Waals surface area contributed by atoms with Crippen molar-refractivity contribution in [3.8, 4) is 0 Å². The Morgan fingerprint density at radius 3 is 1.59 bits per heavy atom. The van der Waals surface area contributed by atoms with Gasteiger partial charge in [0.2, 0.25) is 0 Å². The van der Waals surface area contributed by atoms with E-state index in [2.05, 4.69) is 52.8 Å². The second kappa shape index (κ2) is 12.2. The minimum atomic E-state index is -0.130. The molecule has 0 spiro atoms. The summed E-state index contributed by atoms with van der Waals surface area (Å²) in [6.07, 6.45) is 9.81. The second-order valence-electron chi connectivity index (χ2n) is 11.5. The number of rotatable bonds is 11. The molecule has 0 atom stereocenters. The minimum Gasteiger partial charge on any atom is -0.462 e. The third kappa shape index (κ3) is 8.44. The molecule has 2 heterocycles. The van der Waals surface area contributed by atoms with Crippen molar-refractivity contribution in [3.05, 3.63) is 24.6 Å².